The van der Waals surface area contributed by atoms with E-state index in [0.717, 1.165) is 5.56 Å². The average Bonchev–Trinajstić information content (AvgIpc) is 2.64. The zero-order valence-corrected chi connectivity index (χ0v) is 15.8. The summed E-state index contributed by atoms with van der Waals surface area (Å²) in [4.78, 5) is 27.1. The van der Waals surface area contributed by atoms with E-state index >= 15 is 0 Å². The molecule has 2 aromatic carbocycles. The van der Waals surface area contributed by atoms with Crippen molar-refractivity contribution < 1.29 is 14.8 Å². The number of aryl methyl sites for hydroxylation is 1. The number of piperazine rings is 1. The number of nitro groups is 1. The van der Waals surface area contributed by atoms with Crippen LogP contribution in [0.4, 0.5) is 11.4 Å². The number of para-hydroxylation sites is 2. The van der Waals surface area contributed by atoms with Gasteiger partial charge >= 0.3 is 0 Å². The van der Waals surface area contributed by atoms with E-state index in [4.69, 9.17) is 0 Å². The van der Waals surface area contributed by atoms with Crippen LogP contribution in [0.1, 0.15) is 15.9 Å². The largest absolute Gasteiger partial charge is 0.506 e. The number of anilines is 1. The lowest BCUT2D eigenvalue weighted by Crippen LogP contribution is -2.49. The highest BCUT2D eigenvalue weighted by atomic mass is 79.9. The summed E-state index contributed by atoms with van der Waals surface area (Å²) in [5, 5.41) is 21.4. The molecule has 1 amide bonds. The maximum Gasteiger partial charge on any atom is 0.292 e. The highest BCUT2D eigenvalue weighted by Gasteiger charge is 2.27. The number of aromatic hydroxyl groups is 1. The number of carbonyl (C=O) groups is 1. The number of nitrogens with zero attached hydrogens (tertiary/aromatic N) is 3. The maximum atomic E-state index is 12.8. The Morgan fingerprint density at radius 2 is 1.85 bits per heavy atom. The first-order valence-corrected chi connectivity index (χ1v) is 8.94. The van der Waals surface area contributed by atoms with Gasteiger partial charge in [-0.15, -0.1) is 0 Å². The van der Waals surface area contributed by atoms with Gasteiger partial charge in [0.2, 0.25) is 0 Å². The topological polar surface area (TPSA) is 86.9 Å². The Labute approximate surface area is 159 Å². The SMILES string of the molecule is Cc1cc(Br)c(O)c(C(=O)N2CCN(c3ccccc3[N+](=O)[O-])CC2)c1. The molecule has 7 nitrogen and oxygen atoms in total. The molecule has 1 aliphatic rings. The quantitative estimate of drug-likeness (QED) is 0.608. The zero-order valence-electron chi connectivity index (χ0n) is 14.2. The minimum absolute atomic E-state index is 0.0625. The summed E-state index contributed by atoms with van der Waals surface area (Å²) in [5.41, 5.74) is 1.76. The number of nitro benzene ring substituents is 1. The number of hydrogen-bond donors (Lipinski definition) is 1. The summed E-state index contributed by atoms with van der Waals surface area (Å²) in [6.45, 7) is 3.69. The van der Waals surface area contributed by atoms with Crippen LogP contribution in [0.15, 0.2) is 40.9 Å². The standard InChI is InChI=1S/C18H18BrN3O4/c1-12-10-13(17(23)14(19)11-12)18(24)21-8-6-20(7-9-21)15-4-2-3-5-16(15)22(25)26/h2-5,10-11,23H,6-9H2,1H3. The molecular weight excluding hydrogens is 402 g/mol. The number of halogens is 1. The van der Waals surface area contributed by atoms with E-state index in [2.05, 4.69) is 15.9 Å². The van der Waals surface area contributed by atoms with Crippen molar-refractivity contribution in [2.24, 2.45) is 0 Å². The molecule has 8 heteroatoms. The molecule has 1 fully saturated rings. The number of hydrogen-bond acceptors (Lipinski definition) is 5. The van der Waals surface area contributed by atoms with Crippen molar-refractivity contribution in [1.29, 1.82) is 0 Å². The van der Waals surface area contributed by atoms with Gasteiger partial charge in [0.15, 0.2) is 0 Å². The molecule has 0 saturated carbocycles. The van der Waals surface area contributed by atoms with Crippen LogP contribution in [0.25, 0.3) is 0 Å². The molecule has 3 rings (SSSR count). The molecule has 1 N–H and O–H groups in total. The van der Waals surface area contributed by atoms with E-state index < -0.39 is 4.92 Å². The van der Waals surface area contributed by atoms with Gasteiger partial charge in [-0.3, -0.25) is 14.9 Å². The van der Waals surface area contributed by atoms with Gasteiger partial charge < -0.3 is 14.9 Å². The zero-order chi connectivity index (χ0) is 18.8. The Hall–Kier alpha value is -2.61. The summed E-state index contributed by atoms with van der Waals surface area (Å²) in [7, 11) is 0. The number of phenols is 1. The molecule has 26 heavy (non-hydrogen) atoms. The first kappa shape index (κ1) is 18.2. The highest BCUT2D eigenvalue weighted by Crippen LogP contribution is 2.31. The molecule has 1 heterocycles. The van der Waals surface area contributed by atoms with Crippen molar-refractivity contribution >= 4 is 33.2 Å². The van der Waals surface area contributed by atoms with Crippen LogP contribution in [0.3, 0.4) is 0 Å². The van der Waals surface area contributed by atoms with Gasteiger partial charge in [-0.25, -0.2) is 0 Å². The van der Waals surface area contributed by atoms with Crippen LogP contribution in [0.2, 0.25) is 0 Å². The first-order chi connectivity index (χ1) is 12.4. The van der Waals surface area contributed by atoms with Gasteiger partial charge in [0, 0.05) is 32.2 Å². The lowest BCUT2D eigenvalue weighted by molar-refractivity contribution is -0.384. The van der Waals surface area contributed by atoms with Crippen molar-refractivity contribution in [3.05, 3.63) is 62.1 Å². The van der Waals surface area contributed by atoms with E-state index in [1.807, 2.05) is 11.8 Å². The molecule has 136 valence electrons. The first-order valence-electron chi connectivity index (χ1n) is 8.15. The lowest BCUT2D eigenvalue weighted by atomic mass is 10.1. The minimum atomic E-state index is -0.394. The molecule has 1 saturated heterocycles. The van der Waals surface area contributed by atoms with E-state index in [1.54, 1.807) is 35.2 Å². The van der Waals surface area contributed by atoms with E-state index in [9.17, 15) is 20.0 Å². The maximum absolute atomic E-state index is 12.8. The molecular formula is C18H18BrN3O4. The molecule has 0 bridgehead atoms. The summed E-state index contributed by atoms with van der Waals surface area (Å²) < 4.78 is 0.486. The van der Waals surface area contributed by atoms with Gasteiger partial charge in [0.1, 0.15) is 11.4 Å². The van der Waals surface area contributed by atoms with Crippen molar-refractivity contribution in [2.75, 3.05) is 31.1 Å². The second kappa shape index (κ2) is 7.33. The van der Waals surface area contributed by atoms with Crippen LogP contribution < -0.4 is 4.90 Å². The number of phenolic OH excluding ortho intramolecular Hbond substituents is 1. The van der Waals surface area contributed by atoms with Crippen molar-refractivity contribution in [2.45, 2.75) is 6.92 Å². The Kier molecular flexibility index (Phi) is 5.13. The number of carbonyl (C=O) groups excluding carboxylic acids is 1. The van der Waals surface area contributed by atoms with Gasteiger partial charge in [0.25, 0.3) is 11.6 Å². The lowest BCUT2D eigenvalue weighted by Gasteiger charge is -2.36. The van der Waals surface area contributed by atoms with Gasteiger partial charge in [-0.05, 0) is 46.6 Å². The second-order valence-electron chi connectivity index (χ2n) is 6.17. The third-order valence-corrected chi connectivity index (χ3v) is 5.03. The average molecular weight is 420 g/mol. The molecule has 0 aliphatic carbocycles. The molecule has 2 aromatic rings. The smallest absolute Gasteiger partial charge is 0.292 e. The molecule has 0 spiro atoms. The van der Waals surface area contributed by atoms with Crippen LogP contribution in [-0.4, -0.2) is 47.0 Å². The van der Waals surface area contributed by atoms with Crippen LogP contribution >= 0.6 is 15.9 Å². The Morgan fingerprint density at radius 3 is 2.50 bits per heavy atom. The summed E-state index contributed by atoms with van der Waals surface area (Å²) >= 11 is 3.26. The molecule has 0 atom stereocenters. The fourth-order valence-corrected chi connectivity index (χ4v) is 3.68. The van der Waals surface area contributed by atoms with E-state index in [1.165, 1.54) is 6.07 Å². The Morgan fingerprint density at radius 1 is 1.19 bits per heavy atom. The molecule has 0 unspecified atom stereocenters. The Balaban J connectivity index is 1.75. The number of amides is 1. The van der Waals surface area contributed by atoms with Crippen LogP contribution in [0.5, 0.6) is 5.75 Å². The third-order valence-electron chi connectivity index (χ3n) is 4.42. The predicted octanol–water partition coefficient (Wildman–Crippen LogP) is 3.33. The summed E-state index contributed by atoms with van der Waals surface area (Å²) in [6.07, 6.45) is 0. The fraction of sp³-hybridized carbons (Fsp3) is 0.278. The Bertz CT molecular complexity index is 864. The van der Waals surface area contributed by atoms with Gasteiger partial charge in [-0.2, -0.15) is 0 Å². The number of benzene rings is 2. The van der Waals surface area contributed by atoms with E-state index in [-0.39, 0.29) is 22.9 Å². The van der Waals surface area contributed by atoms with Crippen molar-refractivity contribution in [3.63, 3.8) is 0 Å². The monoisotopic (exact) mass is 419 g/mol. The van der Waals surface area contributed by atoms with Crippen molar-refractivity contribution in [1.82, 2.24) is 4.90 Å². The second-order valence-corrected chi connectivity index (χ2v) is 7.02. The summed E-state index contributed by atoms with van der Waals surface area (Å²) in [6, 6.07) is 10.0. The third kappa shape index (κ3) is 3.50. The molecule has 0 radical (unpaired) electrons. The van der Waals surface area contributed by atoms with Crippen molar-refractivity contribution in [3.8, 4) is 5.75 Å². The summed E-state index contributed by atoms with van der Waals surface area (Å²) in [5.74, 6) is -0.309. The predicted molar refractivity (Wildman–Crippen MR) is 102 cm³/mol. The molecule has 1 aliphatic heterocycles. The normalized spacial score (nSPS) is 14.4. The van der Waals surface area contributed by atoms with Gasteiger partial charge in [-0.1, -0.05) is 12.1 Å². The fourth-order valence-electron chi connectivity index (χ4n) is 3.10. The number of rotatable bonds is 3. The highest BCUT2D eigenvalue weighted by molar-refractivity contribution is 9.10. The minimum Gasteiger partial charge on any atom is -0.506 e. The van der Waals surface area contributed by atoms with Gasteiger partial charge in [0.05, 0.1) is 15.0 Å². The van der Waals surface area contributed by atoms with Crippen LogP contribution in [0, 0.1) is 17.0 Å². The van der Waals surface area contributed by atoms with E-state index in [0.29, 0.717) is 36.3 Å². The van der Waals surface area contributed by atoms with Crippen LogP contribution in [-0.2, 0) is 0 Å². The molecule has 0 aromatic heterocycles.